The first-order valence-electron chi connectivity index (χ1n) is 5.72. The fourth-order valence-corrected chi connectivity index (χ4v) is 2.40. The van der Waals surface area contributed by atoms with Gasteiger partial charge < -0.3 is 5.32 Å². The van der Waals surface area contributed by atoms with Crippen molar-refractivity contribution in [1.82, 2.24) is 5.32 Å². The summed E-state index contributed by atoms with van der Waals surface area (Å²) in [6, 6.07) is 7.71. The lowest BCUT2D eigenvalue weighted by atomic mass is 9.87. The van der Waals surface area contributed by atoms with E-state index in [4.69, 9.17) is 0 Å². The zero-order valence-electron chi connectivity index (χ0n) is 9.17. The van der Waals surface area contributed by atoms with Crippen molar-refractivity contribution in [3.8, 4) is 0 Å². The van der Waals surface area contributed by atoms with Crippen LogP contribution in [0, 0.1) is 11.7 Å². The third-order valence-corrected chi connectivity index (χ3v) is 3.20. The monoisotopic (exact) mass is 207 g/mol. The maximum Gasteiger partial charge on any atom is 0.126 e. The van der Waals surface area contributed by atoms with E-state index in [1.165, 1.54) is 6.42 Å². The van der Waals surface area contributed by atoms with Crippen LogP contribution in [0.1, 0.15) is 25.3 Å². The maximum absolute atomic E-state index is 13.4. The van der Waals surface area contributed by atoms with E-state index in [1.54, 1.807) is 12.1 Å². The van der Waals surface area contributed by atoms with Crippen molar-refractivity contribution in [1.29, 1.82) is 0 Å². The molecule has 1 saturated heterocycles. The van der Waals surface area contributed by atoms with Gasteiger partial charge in [-0.3, -0.25) is 0 Å². The van der Waals surface area contributed by atoms with Gasteiger partial charge >= 0.3 is 0 Å². The van der Waals surface area contributed by atoms with Crippen LogP contribution in [-0.4, -0.2) is 12.6 Å². The minimum atomic E-state index is -0.0521. The van der Waals surface area contributed by atoms with E-state index >= 15 is 0 Å². The zero-order valence-corrected chi connectivity index (χ0v) is 9.17. The average Bonchev–Trinajstić information content (AvgIpc) is 2.22. The first-order valence-corrected chi connectivity index (χ1v) is 5.72. The molecule has 2 unspecified atom stereocenters. The van der Waals surface area contributed by atoms with Crippen LogP contribution in [0.3, 0.4) is 0 Å². The van der Waals surface area contributed by atoms with Crippen LogP contribution >= 0.6 is 0 Å². The summed E-state index contributed by atoms with van der Waals surface area (Å²) >= 11 is 0. The highest BCUT2D eigenvalue weighted by Gasteiger charge is 2.19. The van der Waals surface area contributed by atoms with Crippen molar-refractivity contribution in [3.63, 3.8) is 0 Å². The number of piperidine rings is 1. The molecule has 15 heavy (non-hydrogen) atoms. The molecule has 0 bridgehead atoms. The molecule has 1 aliphatic rings. The molecule has 2 rings (SSSR count). The van der Waals surface area contributed by atoms with E-state index in [9.17, 15) is 4.39 Å². The Morgan fingerprint density at radius 3 is 2.93 bits per heavy atom. The van der Waals surface area contributed by atoms with E-state index in [0.717, 1.165) is 24.9 Å². The Kier molecular flexibility index (Phi) is 3.37. The Morgan fingerprint density at radius 2 is 2.20 bits per heavy atom. The molecule has 0 aliphatic carbocycles. The van der Waals surface area contributed by atoms with E-state index in [2.05, 4.69) is 12.2 Å². The fraction of sp³-hybridized carbons (Fsp3) is 0.538. The van der Waals surface area contributed by atoms with Crippen molar-refractivity contribution in [2.45, 2.75) is 32.2 Å². The molecule has 2 heteroatoms. The van der Waals surface area contributed by atoms with Crippen LogP contribution in [0.15, 0.2) is 24.3 Å². The third-order valence-electron chi connectivity index (χ3n) is 3.20. The quantitative estimate of drug-likeness (QED) is 0.786. The van der Waals surface area contributed by atoms with Crippen LogP contribution in [0.4, 0.5) is 4.39 Å². The standard InChI is InChI=1S/C13H18FN/c1-10-8-11(6-7-15-10)9-12-4-2-3-5-13(12)14/h2-5,10-11,15H,6-9H2,1H3. The summed E-state index contributed by atoms with van der Waals surface area (Å²) in [6.45, 7) is 3.27. The number of halogens is 1. The zero-order chi connectivity index (χ0) is 10.7. The molecule has 1 nitrogen and oxygen atoms in total. The highest BCUT2D eigenvalue weighted by atomic mass is 19.1. The summed E-state index contributed by atoms with van der Waals surface area (Å²) in [6.07, 6.45) is 3.21. The second kappa shape index (κ2) is 4.75. The molecule has 0 radical (unpaired) electrons. The Hall–Kier alpha value is -0.890. The van der Waals surface area contributed by atoms with E-state index in [0.29, 0.717) is 12.0 Å². The molecule has 0 aromatic heterocycles. The van der Waals surface area contributed by atoms with Gasteiger partial charge in [-0.1, -0.05) is 18.2 Å². The predicted molar refractivity (Wildman–Crippen MR) is 60.3 cm³/mol. The van der Waals surface area contributed by atoms with E-state index in [-0.39, 0.29) is 5.82 Å². The minimum Gasteiger partial charge on any atom is -0.314 e. The lowest BCUT2D eigenvalue weighted by molar-refractivity contribution is 0.311. The van der Waals surface area contributed by atoms with Gasteiger partial charge in [0.25, 0.3) is 0 Å². The Bertz CT molecular complexity index is 324. The van der Waals surface area contributed by atoms with Gasteiger partial charge in [-0.15, -0.1) is 0 Å². The van der Waals surface area contributed by atoms with Crippen molar-refractivity contribution in [3.05, 3.63) is 35.6 Å². The number of rotatable bonds is 2. The molecule has 1 aromatic rings. The Balaban J connectivity index is 1.99. The highest BCUT2D eigenvalue weighted by molar-refractivity contribution is 5.18. The lowest BCUT2D eigenvalue weighted by Crippen LogP contribution is -2.36. The van der Waals surface area contributed by atoms with Gasteiger partial charge in [-0.05, 0) is 50.3 Å². The van der Waals surface area contributed by atoms with E-state index in [1.807, 2.05) is 12.1 Å². The van der Waals surface area contributed by atoms with Gasteiger partial charge in [0.15, 0.2) is 0 Å². The fourth-order valence-electron chi connectivity index (χ4n) is 2.40. The van der Waals surface area contributed by atoms with Crippen molar-refractivity contribution < 1.29 is 4.39 Å². The summed E-state index contributed by atoms with van der Waals surface area (Å²) < 4.78 is 13.4. The summed E-state index contributed by atoms with van der Waals surface area (Å²) in [7, 11) is 0. The average molecular weight is 207 g/mol. The van der Waals surface area contributed by atoms with Crippen molar-refractivity contribution in [2.75, 3.05) is 6.54 Å². The summed E-state index contributed by atoms with van der Waals surface area (Å²) in [4.78, 5) is 0. The highest BCUT2D eigenvalue weighted by Crippen LogP contribution is 2.22. The Labute approximate surface area is 90.7 Å². The van der Waals surface area contributed by atoms with Gasteiger partial charge in [-0.2, -0.15) is 0 Å². The summed E-state index contributed by atoms with van der Waals surface area (Å²) in [5, 5.41) is 3.42. The molecule has 1 heterocycles. The number of hydrogen-bond acceptors (Lipinski definition) is 1. The molecule has 0 saturated carbocycles. The van der Waals surface area contributed by atoms with Gasteiger partial charge in [0.1, 0.15) is 5.82 Å². The normalized spacial score (nSPS) is 26.5. The molecule has 1 fully saturated rings. The molecule has 2 atom stereocenters. The van der Waals surface area contributed by atoms with E-state index < -0.39 is 0 Å². The predicted octanol–water partition coefficient (Wildman–Crippen LogP) is 2.76. The van der Waals surface area contributed by atoms with Crippen LogP contribution < -0.4 is 5.32 Å². The first kappa shape index (κ1) is 10.6. The van der Waals surface area contributed by atoms with Crippen LogP contribution in [0.25, 0.3) is 0 Å². The maximum atomic E-state index is 13.4. The number of hydrogen-bond donors (Lipinski definition) is 1. The van der Waals surface area contributed by atoms with Crippen molar-refractivity contribution >= 4 is 0 Å². The third kappa shape index (κ3) is 2.78. The SMILES string of the molecule is CC1CC(Cc2ccccc2F)CCN1. The summed E-state index contributed by atoms with van der Waals surface area (Å²) in [5.41, 5.74) is 0.872. The second-order valence-electron chi connectivity index (χ2n) is 4.54. The molecule has 1 N–H and O–H groups in total. The second-order valence-corrected chi connectivity index (χ2v) is 4.54. The van der Waals surface area contributed by atoms with Crippen LogP contribution in [0.2, 0.25) is 0 Å². The number of nitrogens with one attached hydrogen (secondary N) is 1. The van der Waals surface area contributed by atoms with Gasteiger partial charge in [-0.25, -0.2) is 4.39 Å². The van der Waals surface area contributed by atoms with Crippen LogP contribution in [0.5, 0.6) is 0 Å². The Morgan fingerprint density at radius 1 is 1.40 bits per heavy atom. The molecular formula is C13H18FN. The molecule has 1 aromatic carbocycles. The first-order chi connectivity index (χ1) is 7.25. The smallest absolute Gasteiger partial charge is 0.126 e. The molecule has 0 amide bonds. The topological polar surface area (TPSA) is 12.0 Å². The van der Waals surface area contributed by atoms with Gasteiger partial charge in [0.05, 0.1) is 0 Å². The molecule has 82 valence electrons. The lowest BCUT2D eigenvalue weighted by Gasteiger charge is -2.28. The molecule has 0 spiro atoms. The van der Waals surface area contributed by atoms with Crippen molar-refractivity contribution in [2.24, 2.45) is 5.92 Å². The largest absolute Gasteiger partial charge is 0.314 e. The van der Waals surface area contributed by atoms with Crippen LogP contribution in [-0.2, 0) is 6.42 Å². The molecular weight excluding hydrogens is 189 g/mol. The van der Waals surface area contributed by atoms with Gasteiger partial charge in [0.2, 0.25) is 0 Å². The minimum absolute atomic E-state index is 0.0521. The molecule has 1 aliphatic heterocycles. The number of benzene rings is 1. The van der Waals surface area contributed by atoms with Gasteiger partial charge in [0, 0.05) is 6.04 Å². The summed E-state index contributed by atoms with van der Waals surface area (Å²) in [5.74, 6) is 0.585.